The van der Waals surface area contributed by atoms with Gasteiger partial charge in [-0.3, -0.25) is 0 Å². The minimum Gasteiger partial charge on any atom is -0.323 e. The Hall–Kier alpha value is -0.180. The summed E-state index contributed by atoms with van der Waals surface area (Å²) in [5, 5.41) is 1.34. The summed E-state index contributed by atoms with van der Waals surface area (Å²) in [5.74, 6) is 1.24. The fraction of sp³-hybridized carbons (Fsp3) is 0.500. The third kappa shape index (κ3) is 2.68. The predicted octanol–water partition coefficient (Wildman–Crippen LogP) is 3.63. The van der Waals surface area contributed by atoms with Gasteiger partial charge in [0.25, 0.3) is 0 Å². The smallest absolute Gasteiger partial charge is 0.0454 e. The summed E-state index contributed by atoms with van der Waals surface area (Å²) in [4.78, 5) is 0. The largest absolute Gasteiger partial charge is 0.323 e. The van der Waals surface area contributed by atoms with Gasteiger partial charge in [-0.25, -0.2) is 0 Å². The Morgan fingerprint density at radius 3 is 2.80 bits per heavy atom. The van der Waals surface area contributed by atoms with Crippen LogP contribution in [-0.4, -0.2) is 11.0 Å². The molecule has 82 valence electrons. The van der Waals surface area contributed by atoms with Gasteiger partial charge in [-0.1, -0.05) is 36.2 Å². The lowest BCUT2D eigenvalue weighted by molar-refractivity contribution is 0.582. The van der Waals surface area contributed by atoms with E-state index < -0.39 is 0 Å². The lowest BCUT2D eigenvalue weighted by atomic mass is 10.0. The van der Waals surface area contributed by atoms with Gasteiger partial charge < -0.3 is 5.73 Å². The Morgan fingerprint density at radius 1 is 1.33 bits per heavy atom. The van der Waals surface area contributed by atoms with Gasteiger partial charge in [0, 0.05) is 16.3 Å². The van der Waals surface area contributed by atoms with Crippen molar-refractivity contribution in [2.45, 2.75) is 30.6 Å². The van der Waals surface area contributed by atoms with E-state index in [2.05, 4.69) is 0 Å². The lowest BCUT2D eigenvalue weighted by Crippen LogP contribution is -2.26. The molecule has 0 amide bonds. The summed E-state index contributed by atoms with van der Waals surface area (Å²) in [6.07, 6.45) is 3.85. The summed E-state index contributed by atoms with van der Waals surface area (Å²) in [6.45, 7) is 0. The molecule has 3 heteroatoms. The van der Waals surface area contributed by atoms with Crippen LogP contribution in [0, 0.1) is 0 Å². The van der Waals surface area contributed by atoms with E-state index in [1.165, 1.54) is 25.0 Å². The first-order valence-corrected chi connectivity index (χ1v) is 6.83. The highest BCUT2D eigenvalue weighted by molar-refractivity contribution is 8.00. The maximum Gasteiger partial charge on any atom is 0.0454 e. The molecule has 0 aliphatic carbocycles. The molecule has 2 unspecified atom stereocenters. The van der Waals surface area contributed by atoms with Crippen molar-refractivity contribution in [1.82, 2.24) is 0 Å². The molecular weight excluding hydrogens is 226 g/mol. The molecule has 1 fully saturated rings. The number of rotatable bonds is 2. The Bertz CT molecular complexity index is 323. The average Bonchev–Trinajstić information content (AvgIpc) is 2.30. The zero-order valence-electron chi connectivity index (χ0n) is 8.66. The molecule has 0 saturated carbocycles. The van der Waals surface area contributed by atoms with E-state index in [0.717, 1.165) is 10.6 Å². The average molecular weight is 242 g/mol. The van der Waals surface area contributed by atoms with Crippen molar-refractivity contribution in [3.8, 4) is 0 Å². The molecule has 1 aromatic carbocycles. The Morgan fingerprint density at radius 2 is 2.13 bits per heavy atom. The molecule has 2 rings (SSSR count). The Kier molecular flexibility index (Phi) is 3.95. The summed E-state index contributed by atoms with van der Waals surface area (Å²) in [6, 6.07) is 8.01. The summed E-state index contributed by atoms with van der Waals surface area (Å²) in [7, 11) is 0. The first kappa shape index (κ1) is 11.3. The van der Waals surface area contributed by atoms with Crippen LogP contribution in [-0.2, 0) is 0 Å². The first-order chi connectivity index (χ1) is 7.29. The monoisotopic (exact) mass is 241 g/mol. The van der Waals surface area contributed by atoms with Gasteiger partial charge >= 0.3 is 0 Å². The molecule has 15 heavy (non-hydrogen) atoms. The van der Waals surface area contributed by atoms with Crippen molar-refractivity contribution in [3.63, 3.8) is 0 Å². The quantitative estimate of drug-likeness (QED) is 0.856. The maximum atomic E-state index is 6.27. The van der Waals surface area contributed by atoms with Crippen LogP contribution in [0.15, 0.2) is 24.3 Å². The molecule has 1 heterocycles. The molecular formula is C12H16ClNS. The SMILES string of the molecule is NC(c1ccccc1Cl)C1CCCCS1. The van der Waals surface area contributed by atoms with Crippen molar-refractivity contribution in [1.29, 1.82) is 0 Å². The lowest BCUT2D eigenvalue weighted by Gasteiger charge is -2.27. The highest BCUT2D eigenvalue weighted by atomic mass is 35.5. The van der Waals surface area contributed by atoms with Crippen LogP contribution in [0.25, 0.3) is 0 Å². The molecule has 2 atom stereocenters. The van der Waals surface area contributed by atoms with E-state index in [1.807, 2.05) is 36.0 Å². The van der Waals surface area contributed by atoms with E-state index in [1.54, 1.807) is 0 Å². The Balaban J connectivity index is 2.12. The second-order valence-electron chi connectivity index (χ2n) is 3.95. The molecule has 1 aliphatic rings. The van der Waals surface area contributed by atoms with Gasteiger partial charge in [0.15, 0.2) is 0 Å². The molecule has 1 saturated heterocycles. The van der Waals surface area contributed by atoms with E-state index in [-0.39, 0.29) is 6.04 Å². The highest BCUT2D eigenvalue weighted by Crippen LogP contribution is 2.35. The normalized spacial score (nSPS) is 23.7. The topological polar surface area (TPSA) is 26.0 Å². The maximum absolute atomic E-state index is 6.27. The number of hydrogen-bond acceptors (Lipinski definition) is 2. The number of nitrogens with two attached hydrogens (primary N) is 1. The number of thioether (sulfide) groups is 1. The van der Waals surface area contributed by atoms with Crippen LogP contribution in [0.1, 0.15) is 30.9 Å². The minimum absolute atomic E-state index is 0.0870. The van der Waals surface area contributed by atoms with E-state index in [0.29, 0.717) is 5.25 Å². The highest BCUT2D eigenvalue weighted by Gasteiger charge is 2.23. The summed E-state index contributed by atoms with van der Waals surface area (Å²) in [5.41, 5.74) is 7.36. The standard InChI is InChI=1S/C12H16ClNS/c13-10-6-2-1-5-9(10)12(14)11-7-3-4-8-15-11/h1-2,5-6,11-12H,3-4,7-8,14H2. The second kappa shape index (κ2) is 5.24. The van der Waals surface area contributed by atoms with Crippen LogP contribution >= 0.6 is 23.4 Å². The van der Waals surface area contributed by atoms with Crippen molar-refractivity contribution in [3.05, 3.63) is 34.9 Å². The van der Waals surface area contributed by atoms with Gasteiger partial charge in [0.05, 0.1) is 0 Å². The van der Waals surface area contributed by atoms with Gasteiger partial charge in [-0.15, -0.1) is 0 Å². The summed E-state index contributed by atoms with van der Waals surface area (Å²) >= 11 is 8.14. The van der Waals surface area contributed by atoms with Crippen LogP contribution in [0.3, 0.4) is 0 Å². The van der Waals surface area contributed by atoms with Crippen molar-refractivity contribution >= 4 is 23.4 Å². The van der Waals surface area contributed by atoms with Crippen molar-refractivity contribution in [2.75, 3.05) is 5.75 Å². The van der Waals surface area contributed by atoms with E-state index in [9.17, 15) is 0 Å². The third-order valence-electron chi connectivity index (χ3n) is 2.88. The molecule has 0 radical (unpaired) electrons. The molecule has 0 spiro atoms. The van der Waals surface area contributed by atoms with Crippen molar-refractivity contribution in [2.24, 2.45) is 5.73 Å². The fourth-order valence-corrected chi connectivity index (χ4v) is 3.62. The molecule has 1 aromatic rings. The molecule has 0 aromatic heterocycles. The van der Waals surface area contributed by atoms with Gasteiger partial charge in [-0.05, 0) is 30.2 Å². The molecule has 1 aliphatic heterocycles. The molecule has 1 nitrogen and oxygen atoms in total. The van der Waals surface area contributed by atoms with E-state index in [4.69, 9.17) is 17.3 Å². The number of benzene rings is 1. The predicted molar refractivity (Wildman–Crippen MR) is 68.5 cm³/mol. The Labute approximate surface area is 100 Å². The second-order valence-corrected chi connectivity index (χ2v) is 5.71. The first-order valence-electron chi connectivity index (χ1n) is 5.40. The fourth-order valence-electron chi connectivity index (χ4n) is 1.99. The molecule has 0 bridgehead atoms. The van der Waals surface area contributed by atoms with E-state index >= 15 is 0 Å². The zero-order valence-corrected chi connectivity index (χ0v) is 10.2. The number of halogens is 1. The van der Waals surface area contributed by atoms with Gasteiger partial charge in [0.2, 0.25) is 0 Å². The van der Waals surface area contributed by atoms with Crippen LogP contribution in [0.4, 0.5) is 0 Å². The van der Waals surface area contributed by atoms with Crippen LogP contribution < -0.4 is 5.73 Å². The van der Waals surface area contributed by atoms with Gasteiger partial charge in [-0.2, -0.15) is 11.8 Å². The van der Waals surface area contributed by atoms with Crippen molar-refractivity contribution < 1.29 is 0 Å². The third-order valence-corrected chi connectivity index (χ3v) is 4.71. The number of hydrogen-bond donors (Lipinski definition) is 1. The van der Waals surface area contributed by atoms with Crippen LogP contribution in [0.5, 0.6) is 0 Å². The zero-order chi connectivity index (χ0) is 10.7. The molecule has 2 N–H and O–H groups in total. The summed E-state index contributed by atoms with van der Waals surface area (Å²) < 4.78 is 0. The minimum atomic E-state index is 0.0870. The van der Waals surface area contributed by atoms with Gasteiger partial charge in [0.1, 0.15) is 0 Å². The van der Waals surface area contributed by atoms with Crippen LogP contribution in [0.2, 0.25) is 5.02 Å².